The Kier molecular flexibility index (Phi) is 3.99. The molecule has 3 N–H and O–H groups in total. The number of hydrogen-bond acceptors (Lipinski definition) is 3. The van der Waals surface area contributed by atoms with Crippen molar-refractivity contribution >= 4 is 5.97 Å². The molecule has 0 aromatic heterocycles. The summed E-state index contributed by atoms with van der Waals surface area (Å²) in [5.74, 6) is -0.910. The SMILES string of the molecule is O=C(O)c1ccccc1CNCC1(O)CCCC1. The molecule has 98 valence electrons. The van der Waals surface area contributed by atoms with E-state index in [4.69, 9.17) is 5.11 Å². The minimum absolute atomic E-state index is 0.323. The van der Waals surface area contributed by atoms with Gasteiger partial charge in [0.25, 0.3) is 0 Å². The Labute approximate surface area is 107 Å². The first-order chi connectivity index (χ1) is 8.61. The molecule has 2 rings (SSSR count). The topological polar surface area (TPSA) is 69.6 Å². The Balaban J connectivity index is 1.92. The summed E-state index contributed by atoms with van der Waals surface area (Å²) in [5, 5.41) is 22.4. The molecule has 0 amide bonds. The van der Waals surface area contributed by atoms with Crippen LogP contribution in [0.25, 0.3) is 0 Å². The lowest BCUT2D eigenvalue weighted by Crippen LogP contribution is -2.37. The van der Waals surface area contributed by atoms with Crippen LogP contribution in [0.4, 0.5) is 0 Å². The van der Waals surface area contributed by atoms with Gasteiger partial charge >= 0.3 is 5.97 Å². The third-order valence-corrected chi connectivity index (χ3v) is 3.55. The van der Waals surface area contributed by atoms with Gasteiger partial charge in [-0.05, 0) is 24.5 Å². The van der Waals surface area contributed by atoms with Crippen LogP contribution in [0.15, 0.2) is 24.3 Å². The zero-order valence-corrected chi connectivity index (χ0v) is 10.4. The van der Waals surface area contributed by atoms with Gasteiger partial charge in [0.15, 0.2) is 0 Å². The minimum Gasteiger partial charge on any atom is -0.478 e. The van der Waals surface area contributed by atoms with Gasteiger partial charge in [0.2, 0.25) is 0 Å². The number of benzene rings is 1. The summed E-state index contributed by atoms with van der Waals surface area (Å²) in [4.78, 5) is 11.0. The summed E-state index contributed by atoms with van der Waals surface area (Å²) in [5.41, 5.74) is 0.480. The molecule has 0 atom stereocenters. The Hall–Kier alpha value is -1.39. The maximum absolute atomic E-state index is 11.0. The monoisotopic (exact) mass is 249 g/mol. The molecule has 0 unspecified atom stereocenters. The third-order valence-electron chi connectivity index (χ3n) is 3.55. The largest absolute Gasteiger partial charge is 0.478 e. The van der Waals surface area contributed by atoms with E-state index in [0.717, 1.165) is 31.2 Å². The lowest BCUT2D eigenvalue weighted by atomic mass is 10.0. The quantitative estimate of drug-likeness (QED) is 0.744. The summed E-state index contributed by atoms with van der Waals surface area (Å²) < 4.78 is 0. The van der Waals surface area contributed by atoms with Crippen molar-refractivity contribution in [3.05, 3.63) is 35.4 Å². The number of carbonyl (C=O) groups is 1. The normalized spacial score (nSPS) is 17.8. The predicted octanol–water partition coefficient (Wildman–Crippen LogP) is 1.78. The van der Waals surface area contributed by atoms with E-state index < -0.39 is 11.6 Å². The van der Waals surface area contributed by atoms with E-state index >= 15 is 0 Å². The van der Waals surface area contributed by atoms with Gasteiger partial charge in [-0.25, -0.2) is 4.79 Å². The Bertz CT molecular complexity index is 425. The van der Waals surface area contributed by atoms with Gasteiger partial charge in [-0.3, -0.25) is 0 Å². The Morgan fingerprint density at radius 2 is 1.94 bits per heavy atom. The maximum atomic E-state index is 11.0. The highest BCUT2D eigenvalue weighted by molar-refractivity contribution is 5.89. The molecule has 4 nitrogen and oxygen atoms in total. The van der Waals surface area contributed by atoms with Crippen LogP contribution in [0, 0.1) is 0 Å². The third kappa shape index (κ3) is 3.09. The zero-order chi connectivity index (χ0) is 13.0. The van der Waals surface area contributed by atoms with Crippen LogP contribution in [0.2, 0.25) is 0 Å². The second-order valence-electron chi connectivity index (χ2n) is 5.00. The highest BCUT2D eigenvalue weighted by Gasteiger charge is 2.30. The highest BCUT2D eigenvalue weighted by atomic mass is 16.4. The minimum atomic E-state index is -0.910. The smallest absolute Gasteiger partial charge is 0.336 e. The second-order valence-corrected chi connectivity index (χ2v) is 5.00. The van der Waals surface area contributed by atoms with Crippen LogP contribution in [-0.2, 0) is 6.54 Å². The molecule has 0 aliphatic heterocycles. The van der Waals surface area contributed by atoms with Crippen molar-refractivity contribution in [2.45, 2.75) is 37.8 Å². The van der Waals surface area contributed by atoms with Crippen molar-refractivity contribution in [3.8, 4) is 0 Å². The average molecular weight is 249 g/mol. The van der Waals surface area contributed by atoms with Gasteiger partial charge in [0, 0.05) is 13.1 Å². The first-order valence-corrected chi connectivity index (χ1v) is 6.35. The molecule has 0 bridgehead atoms. The van der Waals surface area contributed by atoms with Crippen LogP contribution in [0.3, 0.4) is 0 Å². The molecular formula is C14H19NO3. The van der Waals surface area contributed by atoms with Gasteiger partial charge in [-0.1, -0.05) is 31.0 Å². The molecule has 4 heteroatoms. The standard InChI is InChI=1S/C14H19NO3/c16-13(17)12-6-2-1-5-11(12)9-15-10-14(18)7-3-4-8-14/h1-2,5-6,15,18H,3-4,7-10H2,(H,16,17). The molecule has 0 spiro atoms. The summed E-state index contributed by atoms with van der Waals surface area (Å²) in [6.07, 6.45) is 3.81. The van der Waals surface area contributed by atoms with Gasteiger partial charge in [0.05, 0.1) is 11.2 Å². The lowest BCUT2D eigenvalue weighted by Gasteiger charge is -2.22. The fraction of sp³-hybridized carbons (Fsp3) is 0.500. The van der Waals surface area contributed by atoms with Crippen LogP contribution < -0.4 is 5.32 Å². The van der Waals surface area contributed by atoms with Crippen molar-refractivity contribution in [2.75, 3.05) is 6.54 Å². The fourth-order valence-electron chi connectivity index (χ4n) is 2.52. The van der Waals surface area contributed by atoms with Crippen molar-refractivity contribution in [1.82, 2.24) is 5.32 Å². The summed E-state index contributed by atoms with van der Waals surface area (Å²) >= 11 is 0. The molecule has 18 heavy (non-hydrogen) atoms. The van der Waals surface area contributed by atoms with E-state index in [1.165, 1.54) is 0 Å². The van der Waals surface area contributed by atoms with E-state index in [1.54, 1.807) is 18.2 Å². The molecule has 1 aliphatic carbocycles. The predicted molar refractivity (Wildman–Crippen MR) is 68.5 cm³/mol. The summed E-state index contributed by atoms with van der Waals surface area (Å²) in [6, 6.07) is 6.95. The maximum Gasteiger partial charge on any atom is 0.336 e. The van der Waals surface area contributed by atoms with Crippen molar-refractivity contribution in [3.63, 3.8) is 0 Å². The van der Waals surface area contributed by atoms with Crippen molar-refractivity contribution < 1.29 is 15.0 Å². The molecule has 1 aliphatic rings. The number of carboxylic acid groups (broad SMARTS) is 1. The number of nitrogens with one attached hydrogen (secondary N) is 1. The van der Waals surface area contributed by atoms with Crippen LogP contribution in [0.5, 0.6) is 0 Å². The van der Waals surface area contributed by atoms with Gasteiger partial charge < -0.3 is 15.5 Å². The van der Waals surface area contributed by atoms with Gasteiger partial charge in [0.1, 0.15) is 0 Å². The van der Waals surface area contributed by atoms with Crippen LogP contribution in [-0.4, -0.2) is 28.3 Å². The first-order valence-electron chi connectivity index (χ1n) is 6.35. The Morgan fingerprint density at radius 3 is 2.61 bits per heavy atom. The lowest BCUT2D eigenvalue weighted by molar-refractivity contribution is 0.0474. The van der Waals surface area contributed by atoms with E-state index in [0.29, 0.717) is 18.7 Å². The molecular weight excluding hydrogens is 230 g/mol. The molecule has 1 fully saturated rings. The number of rotatable bonds is 5. The molecule has 0 radical (unpaired) electrons. The second kappa shape index (κ2) is 5.50. The number of hydrogen-bond donors (Lipinski definition) is 3. The summed E-state index contributed by atoms with van der Waals surface area (Å²) in [7, 11) is 0. The molecule has 1 aromatic rings. The van der Waals surface area contributed by atoms with Crippen molar-refractivity contribution in [2.24, 2.45) is 0 Å². The van der Waals surface area contributed by atoms with Crippen molar-refractivity contribution in [1.29, 1.82) is 0 Å². The first kappa shape index (κ1) is 13.1. The number of carboxylic acids is 1. The van der Waals surface area contributed by atoms with Gasteiger partial charge in [-0.15, -0.1) is 0 Å². The van der Waals surface area contributed by atoms with E-state index in [1.807, 2.05) is 6.07 Å². The summed E-state index contributed by atoms with van der Waals surface area (Å²) in [6.45, 7) is 1.01. The number of aromatic carboxylic acids is 1. The zero-order valence-electron chi connectivity index (χ0n) is 10.4. The van der Waals surface area contributed by atoms with E-state index in [9.17, 15) is 9.90 Å². The van der Waals surface area contributed by atoms with E-state index in [-0.39, 0.29) is 0 Å². The highest BCUT2D eigenvalue weighted by Crippen LogP contribution is 2.28. The van der Waals surface area contributed by atoms with Gasteiger partial charge in [-0.2, -0.15) is 0 Å². The average Bonchev–Trinajstić information content (AvgIpc) is 2.77. The fourth-order valence-corrected chi connectivity index (χ4v) is 2.52. The molecule has 0 saturated heterocycles. The number of aliphatic hydroxyl groups is 1. The molecule has 0 heterocycles. The molecule has 1 aromatic carbocycles. The molecule has 1 saturated carbocycles. The van der Waals surface area contributed by atoms with E-state index in [2.05, 4.69) is 5.32 Å². The van der Waals surface area contributed by atoms with Crippen LogP contribution in [0.1, 0.15) is 41.6 Å². The van der Waals surface area contributed by atoms with Crippen LogP contribution >= 0.6 is 0 Å². The Morgan fingerprint density at radius 1 is 1.28 bits per heavy atom.